The highest BCUT2D eigenvalue weighted by Crippen LogP contribution is 2.26. The SMILES string of the molecule is COc1cc(OC)cc(C(=O)Nc2ccc3sc(C)nc3c2)c1. The Kier molecular flexibility index (Phi) is 4.16. The number of rotatable bonds is 4. The smallest absolute Gasteiger partial charge is 0.255 e. The van der Waals surface area contributed by atoms with Crippen LogP contribution in [0.25, 0.3) is 10.2 Å². The van der Waals surface area contributed by atoms with Crippen LogP contribution in [-0.4, -0.2) is 25.1 Å². The largest absolute Gasteiger partial charge is 0.497 e. The summed E-state index contributed by atoms with van der Waals surface area (Å²) >= 11 is 1.63. The molecule has 0 fully saturated rings. The fraction of sp³-hybridized carbons (Fsp3) is 0.176. The van der Waals surface area contributed by atoms with Gasteiger partial charge in [0.15, 0.2) is 0 Å². The standard InChI is InChI=1S/C17H16N2O3S/c1-10-18-15-8-12(4-5-16(15)23-10)19-17(20)11-6-13(21-2)9-14(7-11)22-3/h4-9H,1-3H3,(H,19,20). The molecular weight excluding hydrogens is 312 g/mol. The van der Waals surface area contributed by atoms with Crippen LogP contribution in [0.5, 0.6) is 11.5 Å². The average molecular weight is 328 g/mol. The molecule has 2 aromatic carbocycles. The van der Waals surface area contributed by atoms with Crippen molar-refractivity contribution in [1.29, 1.82) is 0 Å². The van der Waals surface area contributed by atoms with E-state index in [-0.39, 0.29) is 5.91 Å². The molecule has 23 heavy (non-hydrogen) atoms. The Morgan fingerprint density at radius 2 is 1.78 bits per heavy atom. The molecule has 0 unspecified atom stereocenters. The first-order valence-corrected chi connectivity index (χ1v) is 7.82. The number of benzene rings is 2. The first-order valence-electron chi connectivity index (χ1n) is 7.00. The molecule has 1 aromatic heterocycles. The number of carbonyl (C=O) groups is 1. The lowest BCUT2D eigenvalue weighted by Gasteiger charge is -2.09. The maximum absolute atomic E-state index is 12.5. The van der Waals surface area contributed by atoms with E-state index >= 15 is 0 Å². The molecular formula is C17H16N2O3S. The van der Waals surface area contributed by atoms with Gasteiger partial charge in [0.05, 0.1) is 29.4 Å². The number of fused-ring (bicyclic) bond motifs is 1. The lowest BCUT2D eigenvalue weighted by molar-refractivity contribution is 0.102. The molecule has 1 amide bonds. The maximum atomic E-state index is 12.5. The van der Waals surface area contributed by atoms with Gasteiger partial charge in [-0.3, -0.25) is 4.79 Å². The number of aromatic nitrogens is 1. The van der Waals surface area contributed by atoms with E-state index in [9.17, 15) is 4.79 Å². The highest BCUT2D eigenvalue weighted by molar-refractivity contribution is 7.18. The van der Waals surface area contributed by atoms with E-state index < -0.39 is 0 Å². The zero-order valence-corrected chi connectivity index (χ0v) is 13.9. The Balaban J connectivity index is 1.87. The third-order valence-corrected chi connectivity index (χ3v) is 4.32. The van der Waals surface area contributed by atoms with Crippen LogP contribution in [-0.2, 0) is 0 Å². The predicted octanol–water partition coefficient (Wildman–Crippen LogP) is 3.87. The molecule has 0 atom stereocenters. The van der Waals surface area contributed by atoms with Gasteiger partial charge in [-0.05, 0) is 37.3 Å². The second-order valence-corrected chi connectivity index (χ2v) is 6.21. The van der Waals surface area contributed by atoms with Crippen molar-refractivity contribution >= 4 is 33.1 Å². The second kappa shape index (κ2) is 6.26. The summed E-state index contributed by atoms with van der Waals surface area (Å²) in [6.45, 7) is 1.96. The van der Waals surface area contributed by atoms with E-state index in [0.717, 1.165) is 15.2 Å². The van der Waals surface area contributed by atoms with Crippen molar-refractivity contribution in [2.75, 3.05) is 19.5 Å². The van der Waals surface area contributed by atoms with Crippen molar-refractivity contribution in [3.63, 3.8) is 0 Å². The van der Waals surface area contributed by atoms with Crippen molar-refractivity contribution in [1.82, 2.24) is 4.98 Å². The summed E-state index contributed by atoms with van der Waals surface area (Å²) in [5.74, 6) is 0.911. The number of hydrogen-bond donors (Lipinski definition) is 1. The Hall–Kier alpha value is -2.60. The van der Waals surface area contributed by atoms with Crippen LogP contribution in [0.3, 0.4) is 0 Å². The first kappa shape index (κ1) is 15.3. The van der Waals surface area contributed by atoms with Gasteiger partial charge in [0, 0.05) is 17.3 Å². The normalized spacial score (nSPS) is 10.6. The Bertz CT molecular complexity index is 851. The van der Waals surface area contributed by atoms with Gasteiger partial charge in [0.2, 0.25) is 0 Å². The quantitative estimate of drug-likeness (QED) is 0.790. The summed E-state index contributed by atoms with van der Waals surface area (Å²) in [6, 6.07) is 10.8. The number of ether oxygens (including phenoxy) is 2. The molecule has 0 radical (unpaired) electrons. The topological polar surface area (TPSA) is 60.5 Å². The Morgan fingerprint density at radius 1 is 1.09 bits per heavy atom. The number of anilines is 1. The third kappa shape index (κ3) is 3.27. The van der Waals surface area contributed by atoms with Crippen LogP contribution in [0.2, 0.25) is 0 Å². The van der Waals surface area contributed by atoms with Crippen LogP contribution in [0, 0.1) is 6.92 Å². The minimum Gasteiger partial charge on any atom is -0.497 e. The highest BCUT2D eigenvalue weighted by Gasteiger charge is 2.11. The minimum absolute atomic E-state index is 0.228. The minimum atomic E-state index is -0.228. The number of nitrogens with one attached hydrogen (secondary N) is 1. The van der Waals surface area contributed by atoms with E-state index in [4.69, 9.17) is 9.47 Å². The summed E-state index contributed by atoms with van der Waals surface area (Å²) in [5.41, 5.74) is 2.05. The number of thiazole rings is 1. The van der Waals surface area contributed by atoms with Crippen LogP contribution in [0.1, 0.15) is 15.4 Å². The molecule has 0 saturated carbocycles. The summed E-state index contributed by atoms with van der Waals surface area (Å²) in [6.07, 6.45) is 0. The summed E-state index contributed by atoms with van der Waals surface area (Å²) in [5, 5.41) is 3.88. The molecule has 0 saturated heterocycles. The van der Waals surface area contributed by atoms with E-state index in [1.807, 2.05) is 25.1 Å². The van der Waals surface area contributed by atoms with E-state index in [1.165, 1.54) is 0 Å². The van der Waals surface area contributed by atoms with Crippen LogP contribution >= 0.6 is 11.3 Å². The second-order valence-electron chi connectivity index (χ2n) is 4.97. The zero-order chi connectivity index (χ0) is 16.4. The summed E-state index contributed by atoms with van der Waals surface area (Å²) in [7, 11) is 3.10. The van der Waals surface area contributed by atoms with Gasteiger partial charge >= 0.3 is 0 Å². The molecule has 0 aliphatic carbocycles. The van der Waals surface area contributed by atoms with Crippen LogP contribution in [0.4, 0.5) is 5.69 Å². The van der Waals surface area contributed by atoms with Gasteiger partial charge in [-0.2, -0.15) is 0 Å². The van der Waals surface area contributed by atoms with Gasteiger partial charge in [-0.25, -0.2) is 4.98 Å². The molecule has 1 N–H and O–H groups in total. The maximum Gasteiger partial charge on any atom is 0.255 e. The molecule has 1 heterocycles. The van der Waals surface area contributed by atoms with E-state index in [2.05, 4.69) is 10.3 Å². The third-order valence-electron chi connectivity index (χ3n) is 3.37. The van der Waals surface area contributed by atoms with Crippen LogP contribution in [0.15, 0.2) is 36.4 Å². The molecule has 118 valence electrons. The Labute approximate surface area is 137 Å². The number of amides is 1. The lowest BCUT2D eigenvalue weighted by Crippen LogP contribution is -2.12. The molecule has 0 bridgehead atoms. The van der Waals surface area contributed by atoms with Gasteiger partial charge < -0.3 is 14.8 Å². The van der Waals surface area contributed by atoms with Gasteiger partial charge in [-0.15, -0.1) is 11.3 Å². The fourth-order valence-corrected chi connectivity index (χ4v) is 3.07. The first-order chi connectivity index (χ1) is 11.1. The molecule has 5 nitrogen and oxygen atoms in total. The fourth-order valence-electron chi connectivity index (χ4n) is 2.26. The van der Waals surface area contributed by atoms with Gasteiger partial charge in [0.1, 0.15) is 11.5 Å². The number of hydrogen-bond acceptors (Lipinski definition) is 5. The van der Waals surface area contributed by atoms with E-state index in [1.54, 1.807) is 43.8 Å². The van der Waals surface area contributed by atoms with Crippen molar-refractivity contribution < 1.29 is 14.3 Å². The molecule has 0 aliphatic heterocycles. The zero-order valence-electron chi connectivity index (χ0n) is 13.0. The number of carbonyl (C=O) groups excluding carboxylic acids is 1. The summed E-state index contributed by atoms with van der Waals surface area (Å²) in [4.78, 5) is 16.9. The van der Waals surface area contributed by atoms with Gasteiger partial charge in [0.25, 0.3) is 5.91 Å². The van der Waals surface area contributed by atoms with Crippen molar-refractivity contribution in [2.45, 2.75) is 6.92 Å². The monoisotopic (exact) mass is 328 g/mol. The number of aryl methyl sites for hydroxylation is 1. The molecule has 0 aliphatic rings. The average Bonchev–Trinajstić information content (AvgIpc) is 2.93. The summed E-state index contributed by atoms with van der Waals surface area (Å²) < 4.78 is 11.5. The number of methoxy groups -OCH3 is 2. The van der Waals surface area contributed by atoms with E-state index in [0.29, 0.717) is 22.7 Å². The van der Waals surface area contributed by atoms with Crippen LogP contribution < -0.4 is 14.8 Å². The Morgan fingerprint density at radius 3 is 2.43 bits per heavy atom. The number of nitrogens with zero attached hydrogens (tertiary/aromatic N) is 1. The van der Waals surface area contributed by atoms with Gasteiger partial charge in [-0.1, -0.05) is 0 Å². The highest BCUT2D eigenvalue weighted by atomic mass is 32.1. The van der Waals surface area contributed by atoms with Crippen molar-refractivity contribution in [3.8, 4) is 11.5 Å². The molecule has 0 spiro atoms. The van der Waals surface area contributed by atoms with Crippen molar-refractivity contribution in [2.24, 2.45) is 0 Å². The molecule has 6 heteroatoms. The predicted molar refractivity (Wildman–Crippen MR) is 91.9 cm³/mol. The molecule has 3 aromatic rings. The molecule has 3 rings (SSSR count). The lowest BCUT2D eigenvalue weighted by atomic mass is 10.1. The van der Waals surface area contributed by atoms with Crippen molar-refractivity contribution in [3.05, 3.63) is 47.0 Å².